The van der Waals surface area contributed by atoms with Crippen LogP contribution in [0.3, 0.4) is 0 Å². The SMILES string of the molecule is COC(=O)[C@H]1Oc2ccc(C)cc2[C@H]1c1ccccc1C. The Kier molecular flexibility index (Phi) is 3.42. The summed E-state index contributed by atoms with van der Waals surface area (Å²) in [5.74, 6) is 0.315. The second-order valence-electron chi connectivity index (χ2n) is 5.44. The largest absolute Gasteiger partial charge is 0.477 e. The molecular formula is C18H18O3. The lowest BCUT2D eigenvalue weighted by atomic mass is 9.85. The highest BCUT2D eigenvalue weighted by molar-refractivity contribution is 5.79. The van der Waals surface area contributed by atoms with Crippen molar-refractivity contribution >= 4 is 5.97 Å². The molecule has 1 aliphatic heterocycles. The van der Waals surface area contributed by atoms with Gasteiger partial charge in [0.15, 0.2) is 0 Å². The number of rotatable bonds is 2. The number of hydrogen-bond acceptors (Lipinski definition) is 3. The second kappa shape index (κ2) is 5.24. The Balaban J connectivity index is 2.15. The van der Waals surface area contributed by atoms with Crippen molar-refractivity contribution in [1.82, 2.24) is 0 Å². The molecule has 2 aromatic rings. The zero-order valence-electron chi connectivity index (χ0n) is 12.4. The number of hydrogen-bond donors (Lipinski definition) is 0. The molecule has 2 aromatic carbocycles. The topological polar surface area (TPSA) is 35.5 Å². The average molecular weight is 282 g/mol. The molecule has 1 aliphatic rings. The Morgan fingerprint density at radius 2 is 1.86 bits per heavy atom. The molecule has 0 amide bonds. The third-order valence-electron chi connectivity index (χ3n) is 4.01. The minimum absolute atomic E-state index is 0.117. The van der Waals surface area contributed by atoms with Gasteiger partial charge in [0.2, 0.25) is 6.10 Å². The molecule has 0 saturated heterocycles. The summed E-state index contributed by atoms with van der Waals surface area (Å²) in [5.41, 5.74) is 4.47. The van der Waals surface area contributed by atoms with E-state index in [0.29, 0.717) is 0 Å². The van der Waals surface area contributed by atoms with Gasteiger partial charge in [0.1, 0.15) is 5.75 Å². The average Bonchev–Trinajstić information content (AvgIpc) is 2.85. The van der Waals surface area contributed by atoms with Gasteiger partial charge in [-0.3, -0.25) is 0 Å². The first kappa shape index (κ1) is 13.7. The molecule has 0 fully saturated rings. The zero-order valence-corrected chi connectivity index (χ0v) is 12.4. The highest BCUT2D eigenvalue weighted by Gasteiger charge is 2.41. The van der Waals surface area contributed by atoms with Crippen molar-refractivity contribution in [2.75, 3.05) is 7.11 Å². The second-order valence-corrected chi connectivity index (χ2v) is 5.44. The number of benzene rings is 2. The van der Waals surface area contributed by atoms with Gasteiger partial charge in [-0.1, -0.05) is 42.0 Å². The summed E-state index contributed by atoms with van der Waals surface area (Å²) >= 11 is 0. The molecule has 0 aromatic heterocycles. The van der Waals surface area contributed by atoms with Crippen molar-refractivity contribution in [1.29, 1.82) is 0 Å². The molecule has 21 heavy (non-hydrogen) atoms. The van der Waals surface area contributed by atoms with E-state index in [1.165, 1.54) is 7.11 Å². The van der Waals surface area contributed by atoms with E-state index in [2.05, 4.69) is 25.1 Å². The molecule has 3 nitrogen and oxygen atoms in total. The van der Waals surface area contributed by atoms with Crippen LogP contribution in [0.1, 0.15) is 28.2 Å². The minimum atomic E-state index is -0.618. The zero-order chi connectivity index (χ0) is 15.0. The van der Waals surface area contributed by atoms with Crippen LogP contribution < -0.4 is 4.74 Å². The first-order chi connectivity index (χ1) is 10.1. The monoisotopic (exact) mass is 282 g/mol. The molecule has 3 rings (SSSR count). The van der Waals surface area contributed by atoms with E-state index in [9.17, 15) is 4.79 Å². The Morgan fingerprint density at radius 1 is 1.10 bits per heavy atom. The third kappa shape index (κ3) is 2.29. The van der Waals surface area contributed by atoms with Crippen LogP contribution in [0.4, 0.5) is 0 Å². The Bertz CT molecular complexity index is 691. The first-order valence-corrected chi connectivity index (χ1v) is 7.02. The maximum Gasteiger partial charge on any atom is 0.348 e. The summed E-state index contributed by atoms with van der Waals surface area (Å²) in [6.45, 7) is 4.10. The summed E-state index contributed by atoms with van der Waals surface area (Å²) in [6.07, 6.45) is -0.618. The number of carbonyl (C=O) groups is 1. The van der Waals surface area contributed by atoms with E-state index in [1.807, 2.05) is 31.2 Å². The minimum Gasteiger partial charge on any atom is -0.477 e. The molecule has 0 saturated carbocycles. The van der Waals surface area contributed by atoms with Gasteiger partial charge in [-0.05, 0) is 31.0 Å². The Hall–Kier alpha value is -2.29. The van der Waals surface area contributed by atoms with Gasteiger partial charge in [-0.2, -0.15) is 0 Å². The standard InChI is InChI=1S/C18H18O3/c1-11-8-9-15-14(10-11)16(17(21-15)18(19)20-3)13-7-5-4-6-12(13)2/h4-10,16-17H,1-3H3/t16-,17+/m1/s1. The van der Waals surface area contributed by atoms with Crippen LogP contribution in [0.2, 0.25) is 0 Å². The van der Waals surface area contributed by atoms with Crippen LogP contribution in [0.15, 0.2) is 42.5 Å². The summed E-state index contributed by atoms with van der Waals surface area (Å²) < 4.78 is 10.8. The maximum absolute atomic E-state index is 12.1. The van der Waals surface area contributed by atoms with Crippen molar-refractivity contribution in [3.05, 3.63) is 64.7 Å². The molecule has 1 heterocycles. The molecule has 0 radical (unpaired) electrons. The lowest BCUT2D eigenvalue weighted by molar-refractivity contribution is -0.148. The number of fused-ring (bicyclic) bond motifs is 1. The number of esters is 1. The normalized spacial score (nSPS) is 19.8. The van der Waals surface area contributed by atoms with Crippen molar-refractivity contribution in [2.24, 2.45) is 0 Å². The van der Waals surface area contributed by atoms with Crippen LogP contribution in [-0.2, 0) is 9.53 Å². The molecule has 0 N–H and O–H groups in total. The fourth-order valence-electron chi connectivity index (χ4n) is 2.95. The lowest BCUT2D eigenvalue weighted by Gasteiger charge is -2.19. The fourth-order valence-corrected chi connectivity index (χ4v) is 2.95. The number of carbonyl (C=O) groups excluding carboxylic acids is 1. The molecule has 0 bridgehead atoms. The van der Waals surface area contributed by atoms with Gasteiger partial charge in [0.05, 0.1) is 13.0 Å². The highest BCUT2D eigenvalue weighted by atomic mass is 16.6. The number of methoxy groups -OCH3 is 1. The summed E-state index contributed by atoms with van der Waals surface area (Å²) in [7, 11) is 1.40. The van der Waals surface area contributed by atoms with Crippen molar-refractivity contribution in [2.45, 2.75) is 25.9 Å². The molecule has 0 unspecified atom stereocenters. The van der Waals surface area contributed by atoms with Gasteiger partial charge >= 0.3 is 5.97 Å². The van der Waals surface area contributed by atoms with Gasteiger partial charge in [-0.25, -0.2) is 4.79 Å². The lowest BCUT2D eigenvalue weighted by Crippen LogP contribution is -2.31. The van der Waals surface area contributed by atoms with Crippen molar-refractivity contribution in [3.63, 3.8) is 0 Å². The van der Waals surface area contributed by atoms with E-state index < -0.39 is 6.10 Å². The van der Waals surface area contributed by atoms with Gasteiger partial charge in [0, 0.05) is 5.56 Å². The van der Waals surface area contributed by atoms with E-state index >= 15 is 0 Å². The van der Waals surface area contributed by atoms with E-state index in [4.69, 9.17) is 9.47 Å². The van der Waals surface area contributed by atoms with E-state index in [-0.39, 0.29) is 11.9 Å². The van der Waals surface area contributed by atoms with Gasteiger partial charge in [0.25, 0.3) is 0 Å². The van der Waals surface area contributed by atoms with Crippen LogP contribution in [0, 0.1) is 13.8 Å². The predicted molar refractivity (Wildman–Crippen MR) is 80.6 cm³/mol. The molecule has 108 valence electrons. The fraction of sp³-hybridized carbons (Fsp3) is 0.278. The smallest absolute Gasteiger partial charge is 0.348 e. The first-order valence-electron chi connectivity index (χ1n) is 7.02. The number of aryl methyl sites for hydroxylation is 2. The van der Waals surface area contributed by atoms with Crippen LogP contribution in [0.5, 0.6) is 5.75 Å². The van der Waals surface area contributed by atoms with E-state index in [0.717, 1.165) is 28.0 Å². The van der Waals surface area contributed by atoms with Crippen molar-refractivity contribution in [3.8, 4) is 5.75 Å². The predicted octanol–water partition coefficient (Wildman–Crippen LogP) is 3.37. The molecule has 2 atom stereocenters. The summed E-state index contributed by atoms with van der Waals surface area (Å²) in [6, 6.07) is 14.1. The molecule has 0 aliphatic carbocycles. The van der Waals surface area contributed by atoms with Crippen LogP contribution in [-0.4, -0.2) is 19.2 Å². The summed E-state index contributed by atoms with van der Waals surface area (Å²) in [4.78, 5) is 12.1. The quantitative estimate of drug-likeness (QED) is 0.792. The molecule has 3 heteroatoms. The van der Waals surface area contributed by atoms with Crippen LogP contribution in [0.25, 0.3) is 0 Å². The molecule has 0 spiro atoms. The van der Waals surface area contributed by atoms with Gasteiger partial charge in [-0.15, -0.1) is 0 Å². The highest BCUT2D eigenvalue weighted by Crippen LogP contribution is 2.43. The Labute approximate surface area is 124 Å². The molecular weight excluding hydrogens is 264 g/mol. The summed E-state index contributed by atoms with van der Waals surface area (Å²) in [5, 5.41) is 0. The number of ether oxygens (including phenoxy) is 2. The maximum atomic E-state index is 12.1. The van der Waals surface area contributed by atoms with E-state index in [1.54, 1.807) is 0 Å². The van der Waals surface area contributed by atoms with Crippen LogP contribution >= 0.6 is 0 Å². The third-order valence-corrected chi connectivity index (χ3v) is 4.01. The van der Waals surface area contributed by atoms with Crippen molar-refractivity contribution < 1.29 is 14.3 Å². The van der Waals surface area contributed by atoms with Gasteiger partial charge < -0.3 is 9.47 Å². The Morgan fingerprint density at radius 3 is 2.57 bits per heavy atom.